The van der Waals surface area contributed by atoms with Gasteiger partial charge in [0.05, 0.1) is 23.7 Å². The van der Waals surface area contributed by atoms with Crippen LogP contribution in [-0.4, -0.2) is 29.2 Å². The number of halogens is 1. The third-order valence-corrected chi connectivity index (χ3v) is 9.35. The number of aromatic amines is 1. The van der Waals surface area contributed by atoms with Gasteiger partial charge in [0.1, 0.15) is 11.9 Å². The Kier molecular flexibility index (Phi) is 6.51. The Morgan fingerprint density at radius 1 is 0.947 bits per heavy atom. The topological polar surface area (TPSA) is 88.7 Å². The van der Waals surface area contributed by atoms with Gasteiger partial charge in [0.15, 0.2) is 11.5 Å². The Balaban J connectivity index is 1.37. The van der Waals surface area contributed by atoms with Crippen molar-refractivity contribution >= 4 is 52.2 Å². The molecule has 3 atom stereocenters. The molecule has 10 heteroatoms. The number of carbonyl (C=O) groups is 2. The number of nitrogens with zero attached hydrogens (tertiary/aromatic N) is 1. The molecule has 4 aromatic rings. The molecule has 3 aromatic carbocycles. The third-order valence-electron chi connectivity index (χ3n) is 6.69. The predicted molar refractivity (Wildman–Crippen MR) is 148 cm³/mol. The van der Waals surface area contributed by atoms with E-state index in [-0.39, 0.29) is 16.7 Å². The highest BCUT2D eigenvalue weighted by molar-refractivity contribution is 8.00. The van der Waals surface area contributed by atoms with Crippen LogP contribution in [0.4, 0.5) is 5.69 Å². The number of para-hydroxylation sites is 1. The van der Waals surface area contributed by atoms with Crippen LogP contribution >= 0.6 is 34.7 Å². The number of H-pyrrole nitrogens is 1. The Labute approximate surface area is 231 Å². The first-order chi connectivity index (χ1) is 18.4. The highest BCUT2D eigenvalue weighted by Gasteiger charge is 2.56. The number of nitrogens with one attached hydrogen (secondary N) is 1. The van der Waals surface area contributed by atoms with E-state index in [1.807, 2.05) is 30.3 Å². The van der Waals surface area contributed by atoms with Crippen LogP contribution in [0.2, 0.25) is 5.02 Å². The van der Waals surface area contributed by atoms with E-state index >= 15 is 0 Å². The molecular formula is C28H21ClN2O5S2. The number of hydrogen-bond donors (Lipinski definition) is 1. The van der Waals surface area contributed by atoms with Crippen LogP contribution in [0.5, 0.6) is 11.5 Å². The van der Waals surface area contributed by atoms with E-state index in [1.165, 1.54) is 16.7 Å². The van der Waals surface area contributed by atoms with Crippen LogP contribution in [0.1, 0.15) is 21.9 Å². The summed E-state index contributed by atoms with van der Waals surface area (Å²) in [5.74, 6) is -0.699. The van der Waals surface area contributed by atoms with Gasteiger partial charge in [0.25, 0.3) is 0 Å². The minimum absolute atomic E-state index is 0.220. The molecule has 0 unspecified atom stereocenters. The average molecular weight is 565 g/mol. The number of anilines is 1. The molecular weight excluding hydrogens is 544 g/mol. The second-order valence-corrected chi connectivity index (χ2v) is 11.5. The zero-order valence-corrected chi connectivity index (χ0v) is 22.4. The first-order valence-corrected chi connectivity index (χ1v) is 13.9. The van der Waals surface area contributed by atoms with Crippen molar-refractivity contribution in [3.63, 3.8) is 0 Å². The van der Waals surface area contributed by atoms with Crippen molar-refractivity contribution in [3.8, 4) is 11.5 Å². The van der Waals surface area contributed by atoms with Crippen molar-refractivity contribution in [1.29, 1.82) is 0 Å². The summed E-state index contributed by atoms with van der Waals surface area (Å²) < 4.78 is 11.7. The number of imide groups is 1. The molecule has 1 fully saturated rings. The monoisotopic (exact) mass is 564 g/mol. The molecule has 192 valence electrons. The zero-order chi connectivity index (χ0) is 26.4. The summed E-state index contributed by atoms with van der Waals surface area (Å²) >= 11 is 8.30. The van der Waals surface area contributed by atoms with Gasteiger partial charge in [-0.2, -0.15) is 0 Å². The molecule has 2 aliphatic rings. The summed E-state index contributed by atoms with van der Waals surface area (Å²) in [6.07, 6.45) is 0. The van der Waals surface area contributed by atoms with Gasteiger partial charge in [-0.25, -0.2) is 4.90 Å². The summed E-state index contributed by atoms with van der Waals surface area (Å²) in [5.41, 5.74) is 2.26. The van der Waals surface area contributed by atoms with Gasteiger partial charge in [-0.1, -0.05) is 71.1 Å². The van der Waals surface area contributed by atoms with Crippen molar-refractivity contribution in [2.45, 2.75) is 22.8 Å². The van der Waals surface area contributed by atoms with Crippen molar-refractivity contribution in [1.82, 2.24) is 4.98 Å². The SMILES string of the molecule is COc1cc([C@@H]2c3sc(=O)[nH]c3S[C@H]3C(=O)N(c4ccccc4)C(=O)[C@@H]23)ccc1OCc1ccc(Cl)cc1. The van der Waals surface area contributed by atoms with Crippen LogP contribution in [0, 0.1) is 5.92 Å². The first kappa shape index (κ1) is 24.8. The molecule has 2 amide bonds. The zero-order valence-electron chi connectivity index (χ0n) is 20.1. The first-order valence-electron chi connectivity index (χ1n) is 11.8. The van der Waals surface area contributed by atoms with Gasteiger partial charge in [-0.15, -0.1) is 0 Å². The molecule has 2 aliphatic heterocycles. The minimum atomic E-state index is -0.669. The lowest BCUT2D eigenvalue weighted by molar-refractivity contribution is -0.122. The van der Waals surface area contributed by atoms with E-state index in [0.29, 0.717) is 33.8 Å². The Hall–Kier alpha value is -3.53. The van der Waals surface area contributed by atoms with Crippen LogP contribution in [0.15, 0.2) is 82.6 Å². The van der Waals surface area contributed by atoms with E-state index in [0.717, 1.165) is 27.3 Å². The lowest BCUT2D eigenvalue weighted by atomic mass is 9.83. The van der Waals surface area contributed by atoms with E-state index in [9.17, 15) is 14.4 Å². The quantitative estimate of drug-likeness (QED) is 0.312. The minimum Gasteiger partial charge on any atom is -0.493 e. The standard InChI is InChI=1S/C28H21ClN2O5S2/c1-35-20-13-16(9-12-19(20)36-14-15-7-10-17(29)11-8-15)21-22-24(37-25-23(21)38-28(34)30-25)27(33)31(26(22)32)18-5-3-2-4-6-18/h2-13,21-22,24H,14H2,1H3,(H,30,34)/t21-,22-,24+/m0/s1. The summed E-state index contributed by atoms with van der Waals surface area (Å²) in [7, 11) is 1.55. The maximum atomic E-state index is 13.8. The van der Waals surface area contributed by atoms with Gasteiger partial charge >= 0.3 is 4.87 Å². The molecule has 1 saturated heterocycles. The van der Waals surface area contributed by atoms with Crippen LogP contribution < -0.4 is 19.2 Å². The molecule has 0 saturated carbocycles. The highest BCUT2D eigenvalue weighted by Crippen LogP contribution is 2.53. The molecule has 6 rings (SSSR count). The van der Waals surface area contributed by atoms with E-state index in [4.69, 9.17) is 21.1 Å². The summed E-state index contributed by atoms with van der Waals surface area (Å²) in [6.45, 7) is 0.320. The summed E-state index contributed by atoms with van der Waals surface area (Å²) in [5, 5.41) is 0.624. The number of ether oxygens (including phenoxy) is 2. The number of benzene rings is 3. The fraction of sp³-hybridized carbons (Fsp3) is 0.179. The Morgan fingerprint density at radius 2 is 1.71 bits per heavy atom. The van der Waals surface area contributed by atoms with Crippen LogP contribution in [0.3, 0.4) is 0 Å². The Bertz CT molecular complexity index is 1590. The van der Waals surface area contributed by atoms with Crippen molar-refractivity contribution in [3.05, 3.63) is 103 Å². The third kappa shape index (κ3) is 4.30. The summed E-state index contributed by atoms with van der Waals surface area (Å²) in [4.78, 5) is 44.3. The number of carbonyl (C=O) groups excluding carboxylic acids is 2. The maximum Gasteiger partial charge on any atom is 0.305 e. The molecule has 1 N–H and O–H groups in total. The molecule has 38 heavy (non-hydrogen) atoms. The number of fused-ring (bicyclic) bond motifs is 2. The van der Waals surface area contributed by atoms with E-state index in [2.05, 4.69) is 4.98 Å². The lowest BCUT2D eigenvalue weighted by Crippen LogP contribution is -2.32. The molecule has 0 aliphatic carbocycles. The van der Waals surface area contributed by atoms with Gasteiger partial charge in [-0.3, -0.25) is 14.4 Å². The van der Waals surface area contributed by atoms with Gasteiger partial charge in [0.2, 0.25) is 11.8 Å². The number of amides is 2. The number of aromatic nitrogens is 1. The van der Waals surface area contributed by atoms with Crippen molar-refractivity contribution in [2.24, 2.45) is 5.92 Å². The number of thiazole rings is 1. The van der Waals surface area contributed by atoms with E-state index < -0.39 is 17.1 Å². The maximum absolute atomic E-state index is 13.8. The predicted octanol–water partition coefficient (Wildman–Crippen LogP) is 5.47. The molecule has 0 bridgehead atoms. The van der Waals surface area contributed by atoms with Crippen LogP contribution in [0.25, 0.3) is 0 Å². The molecule has 7 nitrogen and oxygen atoms in total. The van der Waals surface area contributed by atoms with E-state index in [1.54, 1.807) is 49.6 Å². The molecule has 1 aromatic heterocycles. The molecule has 3 heterocycles. The van der Waals surface area contributed by atoms with Gasteiger partial charge in [0, 0.05) is 15.8 Å². The summed E-state index contributed by atoms with van der Waals surface area (Å²) in [6, 6.07) is 21.8. The van der Waals surface area contributed by atoms with Gasteiger partial charge < -0.3 is 14.5 Å². The highest BCUT2D eigenvalue weighted by atomic mass is 35.5. The fourth-order valence-electron chi connectivity index (χ4n) is 4.95. The van der Waals surface area contributed by atoms with Crippen LogP contribution in [-0.2, 0) is 16.2 Å². The average Bonchev–Trinajstić information content (AvgIpc) is 3.42. The number of methoxy groups -OCH3 is 1. The Morgan fingerprint density at radius 3 is 2.45 bits per heavy atom. The second-order valence-electron chi connectivity index (χ2n) is 8.92. The smallest absolute Gasteiger partial charge is 0.305 e. The number of rotatable bonds is 6. The number of thioether (sulfide) groups is 1. The van der Waals surface area contributed by atoms with Crippen molar-refractivity contribution in [2.75, 3.05) is 12.0 Å². The second kappa shape index (κ2) is 9.98. The largest absolute Gasteiger partial charge is 0.493 e. The fourth-order valence-corrected chi connectivity index (χ4v) is 7.59. The van der Waals surface area contributed by atoms with Crippen molar-refractivity contribution < 1.29 is 19.1 Å². The van der Waals surface area contributed by atoms with Gasteiger partial charge in [-0.05, 0) is 47.5 Å². The normalized spacial score (nSPS) is 20.3. The molecule has 0 spiro atoms. The molecule has 0 radical (unpaired) electrons. The lowest BCUT2D eigenvalue weighted by Gasteiger charge is -2.30. The number of hydrogen-bond acceptors (Lipinski definition) is 7.